The smallest absolute Gasteiger partial charge is 0.394 e. The van der Waals surface area contributed by atoms with Gasteiger partial charge in [-0.3, -0.25) is 0 Å². The van der Waals surface area contributed by atoms with Gasteiger partial charge < -0.3 is 24.4 Å². The zero-order valence-corrected chi connectivity index (χ0v) is 28.3. The largest absolute Gasteiger partial charge is 0.501 e. The predicted octanol–water partition coefficient (Wildman–Crippen LogP) is 10.5. The van der Waals surface area contributed by atoms with E-state index in [1.165, 1.54) is 12.3 Å². The van der Waals surface area contributed by atoms with Gasteiger partial charge in [0.1, 0.15) is 5.58 Å². The van der Waals surface area contributed by atoms with Crippen molar-refractivity contribution in [3.05, 3.63) is 132 Å². The molecule has 9 heteroatoms. The van der Waals surface area contributed by atoms with Gasteiger partial charge in [0.15, 0.2) is 0 Å². The molecule has 0 aliphatic heterocycles. The number of hydrogen-bond acceptors (Lipinski definition) is 5. The Balaban J connectivity index is 0.000000336. The molecule has 7 aromatic rings. The van der Waals surface area contributed by atoms with Crippen molar-refractivity contribution in [2.75, 3.05) is 0 Å². The molecular weight excluding hydrogens is 802 g/mol. The van der Waals surface area contributed by atoms with Gasteiger partial charge in [0.2, 0.25) is 0 Å². The molecule has 4 aromatic heterocycles. The van der Waals surface area contributed by atoms with Crippen molar-refractivity contribution in [2.45, 2.75) is 47.0 Å². The molecule has 1 radical (unpaired) electrons. The Labute approximate surface area is 312 Å². The van der Waals surface area contributed by atoms with Gasteiger partial charge in [0.05, 0.1) is 11.0 Å². The molecule has 0 aliphatic rings. The molecule has 4 heterocycles. The first kappa shape index (κ1) is 23.6. The molecule has 7 rings (SSSR count). The first-order valence-corrected chi connectivity index (χ1v) is 14.5. The number of aromatic nitrogens is 4. The second-order valence-corrected chi connectivity index (χ2v) is 11.3. The zero-order valence-electron chi connectivity index (χ0n) is 36.9. The Hall–Kier alpha value is -4.72. The molecule has 0 unspecified atom stereocenters. The third kappa shape index (κ3) is 7.64. The zero-order chi connectivity index (χ0) is 43.3. The normalized spacial score (nSPS) is 16.0. The number of aryl methyl sites for hydroxylation is 3. The minimum atomic E-state index is -4.95. The Morgan fingerprint density at radius 3 is 2.35 bits per heavy atom. The molecular formula is C40H33F3IrN4O-2. The van der Waals surface area contributed by atoms with Crippen molar-refractivity contribution in [1.82, 2.24) is 19.9 Å². The number of furan rings is 1. The van der Waals surface area contributed by atoms with Crippen molar-refractivity contribution in [1.29, 1.82) is 0 Å². The average Bonchev–Trinajstić information content (AvgIpc) is 3.56. The summed E-state index contributed by atoms with van der Waals surface area (Å²) in [4.78, 5) is 15.9. The first-order chi connectivity index (χ1) is 27.3. The summed E-state index contributed by atoms with van der Waals surface area (Å²) in [6.45, 7) is -6.57. The monoisotopic (exact) mass is 846 g/mol. The quantitative estimate of drug-likeness (QED) is 0.162. The fourth-order valence-corrected chi connectivity index (χ4v) is 4.93. The van der Waals surface area contributed by atoms with Crippen LogP contribution in [0.5, 0.6) is 0 Å². The number of nitrogens with zero attached hydrogens (tertiary/aromatic N) is 4. The van der Waals surface area contributed by atoms with Crippen LogP contribution in [-0.4, -0.2) is 26.1 Å². The minimum absolute atomic E-state index is 0. The Kier molecular flexibility index (Phi) is 6.94. The summed E-state index contributed by atoms with van der Waals surface area (Å²) in [6.07, 6.45) is -1.18. The van der Waals surface area contributed by atoms with Crippen LogP contribution in [0.25, 0.3) is 55.6 Å². The fourth-order valence-electron chi connectivity index (χ4n) is 4.93. The number of benzene rings is 3. The van der Waals surface area contributed by atoms with Crippen molar-refractivity contribution >= 4 is 21.9 Å². The molecule has 0 saturated carbocycles. The molecule has 0 saturated heterocycles. The number of hydrogen-bond donors (Lipinski definition) is 0. The summed E-state index contributed by atoms with van der Waals surface area (Å²) in [7, 11) is 0. The topological polar surface area (TPSA) is 64.7 Å². The van der Waals surface area contributed by atoms with Gasteiger partial charge in [0, 0.05) is 58.8 Å². The van der Waals surface area contributed by atoms with Crippen LogP contribution in [-0.2, 0) is 26.5 Å². The summed E-state index contributed by atoms with van der Waals surface area (Å²) in [5, 5.41) is 1.60. The number of fused-ring (bicyclic) bond motifs is 3. The van der Waals surface area contributed by atoms with Crippen LogP contribution in [0.4, 0.5) is 13.2 Å². The van der Waals surface area contributed by atoms with Gasteiger partial charge >= 0.3 is 6.18 Å². The average molecular weight is 846 g/mol. The van der Waals surface area contributed by atoms with Crippen LogP contribution in [0.3, 0.4) is 0 Å². The molecule has 251 valence electrons. The Bertz CT molecular complexity index is 2630. The van der Waals surface area contributed by atoms with E-state index in [1.54, 1.807) is 30.5 Å². The SMILES string of the molecule is [2H]C([2H])([2H])c1cnc(-c2[c-]ccc3c2oc2ccccc23)cc1-c1ccc(C([2H])([2H])C(C)(C)C(F)(F)F)cc1C([2H])([2H])[2H].[2H]C([2H])([2H])c1n[c-]c(-c2ccccn2)cn1.[Ir]. The molecule has 0 amide bonds. The molecule has 3 aromatic carbocycles. The maximum atomic E-state index is 13.8. The van der Waals surface area contributed by atoms with E-state index >= 15 is 0 Å². The third-order valence-electron chi connectivity index (χ3n) is 7.51. The van der Waals surface area contributed by atoms with Gasteiger partial charge in [-0.1, -0.05) is 91.2 Å². The van der Waals surface area contributed by atoms with Crippen LogP contribution in [0, 0.1) is 38.2 Å². The Morgan fingerprint density at radius 2 is 1.63 bits per heavy atom. The number of pyridine rings is 2. The summed E-state index contributed by atoms with van der Waals surface area (Å²) >= 11 is 0. The van der Waals surface area contributed by atoms with E-state index in [-0.39, 0.29) is 48.3 Å². The Morgan fingerprint density at radius 1 is 0.816 bits per heavy atom. The number of alkyl halides is 3. The van der Waals surface area contributed by atoms with Crippen molar-refractivity contribution in [3.8, 4) is 33.6 Å². The molecule has 0 atom stereocenters. The van der Waals surface area contributed by atoms with Crippen LogP contribution in [0.1, 0.15) is 51.4 Å². The predicted molar refractivity (Wildman–Crippen MR) is 183 cm³/mol. The van der Waals surface area contributed by atoms with Crippen LogP contribution >= 0.6 is 0 Å². The summed E-state index contributed by atoms with van der Waals surface area (Å²) in [5.41, 5.74) is -1.41. The number of halogens is 3. The molecule has 0 N–H and O–H groups in total. The molecule has 5 nitrogen and oxygen atoms in total. The molecule has 0 aliphatic carbocycles. The maximum Gasteiger partial charge on any atom is 0.394 e. The van der Waals surface area contributed by atoms with E-state index in [1.807, 2.05) is 30.3 Å². The summed E-state index contributed by atoms with van der Waals surface area (Å²) in [5.74, 6) is -0.202. The van der Waals surface area contributed by atoms with E-state index < -0.39 is 49.6 Å². The van der Waals surface area contributed by atoms with Gasteiger partial charge in [-0.15, -0.1) is 18.2 Å². The van der Waals surface area contributed by atoms with E-state index in [0.717, 1.165) is 35.2 Å². The van der Waals surface area contributed by atoms with Gasteiger partial charge in [-0.05, 0) is 84.5 Å². The van der Waals surface area contributed by atoms with E-state index in [2.05, 4.69) is 32.2 Å². The summed E-state index contributed by atoms with van der Waals surface area (Å²) < 4.78 is 134. The van der Waals surface area contributed by atoms with Crippen LogP contribution in [0.15, 0.2) is 102 Å². The third-order valence-corrected chi connectivity index (χ3v) is 7.51. The second kappa shape index (κ2) is 14.4. The first-order valence-electron chi connectivity index (χ1n) is 20.0. The van der Waals surface area contributed by atoms with E-state index in [0.29, 0.717) is 41.8 Å². The van der Waals surface area contributed by atoms with E-state index in [9.17, 15) is 13.2 Å². The minimum Gasteiger partial charge on any atom is -0.501 e. The fraction of sp³-hybridized carbons (Fsp3) is 0.200. The van der Waals surface area contributed by atoms with Crippen molar-refractivity contribution in [2.24, 2.45) is 5.41 Å². The molecule has 0 fully saturated rings. The molecule has 0 bridgehead atoms. The standard InChI is InChI=1S/C30H25F3NO.C10H8N3.Ir/c1-18-14-20(16-29(3,4)30(31,32)33)12-13-21(18)25-15-26(34-17-19(25)2)24-10-7-9-23-22-8-5-6-11-27(22)35-28(23)24;1-8-12-6-9(7-13-8)10-4-2-3-5-11-10;/h5-9,11-15,17H,16H2,1-4H3;2-6H,1H3;/q2*-1;/i1D3,2D3,16D2;1D3;. The van der Waals surface area contributed by atoms with Crippen LogP contribution in [0.2, 0.25) is 0 Å². The second-order valence-electron chi connectivity index (χ2n) is 11.3. The maximum absolute atomic E-state index is 13.8. The van der Waals surface area contributed by atoms with Gasteiger partial charge in [-0.2, -0.15) is 13.2 Å². The van der Waals surface area contributed by atoms with Crippen LogP contribution < -0.4 is 0 Å². The van der Waals surface area contributed by atoms with Gasteiger partial charge in [-0.25, -0.2) is 0 Å². The molecule has 49 heavy (non-hydrogen) atoms. The van der Waals surface area contributed by atoms with Gasteiger partial charge in [0.25, 0.3) is 0 Å². The summed E-state index contributed by atoms with van der Waals surface area (Å²) in [6, 6.07) is 23.7. The van der Waals surface area contributed by atoms with Crippen molar-refractivity contribution in [3.63, 3.8) is 0 Å². The number of rotatable bonds is 5. The van der Waals surface area contributed by atoms with E-state index in [4.69, 9.17) is 19.5 Å². The molecule has 0 spiro atoms. The number of para-hydroxylation sites is 1. The van der Waals surface area contributed by atoms with Crippen molar-refractivity contribution < 1.29 is 52.8 Å².